The van der Waals surface area contributed by atoms with Crippen molar-refractivity contribution >= 4 is 23.9 Å². The third-order valence-corrected chi connectivity index (χ3v) is 6.49. The van der Waals surface area contributed by atoms with Gasteiger partial charge in [0, 0.05) is 13.0 Å². The minimum Gasteiger partial charge on any atom is -0.508 e. The lowest BCUT2D eigenvalue weighted by molar-refractivity contribution is -0.159. The largest absolute Gasteiger partial charge is 0.508 e. The average Bonchev–Trinajstić information content (AvgIpc) is 2.91. The average molecular weight is 612 g/mol. The molecule has 0 aliphatic rings. The lowest BCUT2D eigenvalue weighted by atomic mass is 9.99. The molecule has 2 rings (SSSR count). The Labute approximate surface area is 261 Å². The number of nitrogens with one attached hydrogen (secondary N) is 2. The summed E-state index contributed by atoms with van der Waals surface area (Å²) in [5.74, 6) is -1.66. The Morgan fingerprint density at radius 1 is 0.909 bits per heavy atom. The van der Waals surface area contributed by atoms with Crippen molar-refractivity contribution in [3.8, 4) is 5.75 Å². The van der Waals surface area contributed by atoms with Crippen molar-refractivity contribution in [2.75, 3.05) is 13.1 Å². The maximum absolute atomic E-state index is 14.2. The molecule has 0 saturated heterocycles. The second-order valence-electron chi connectivity index (χ2n) is 12.9. The number of aromatic hydroxyl groups is 1. The third-order valence-electron chi connectivity index (χ3n) is 6.49. The fraction of sp³-hybridized carbons (Fsp3) is 0.529. The van der Waals surface area contributed by atoms with Crippen molar-refractivity contribution in [1.82, 2.24) is 15.5 Å². The van der Waals surface area contributed by atoms with Gasteiger partial charge in [-0.2, -0.15) is 0 Å². The number of carbonyl (C=O) groups excluding carboxylic acids is 4. The Kier molecular flexibility index (Phi) is 13.2. The van der Waals surface area contributed by atoms with Crippen LogP contribution < -0.4 is 10.6 Å². The molecule has 2 aromatic rings. The number of carbonyl (C=O) groups is 4. The summed E-state index contributed by atoms with van der Waals surface area (Å²) >= 11 is 0. The van der Waals surface area contributed by atoms with Crippen molar-refractivity contribution in [1.29, 1.82) is 0 Å². The molecule has 2 aromatic carbocycles. The number of ether oxygens (including phenoxy) is 2. The molecule has 3 N–H and O–H groups in total. The van der Waals surface area contributed by atoms with Crippen LogP contribution in [0.2, 0.25) is 0 Å². The smallest absolute Gasteiger partial charge is 0.408 e. The Hall–Kier alpha value is -4.08. The van der Waals surface area contributed by atoms with Crippen LogP contribution in [0, 0.1) is 6.92 Å². The van der Waals surface area contributed by atoms with Crippen LogP contribution in [0.15, 0.2) is 48.5 Å². The first-order chi connectivity index (χ1) is 20.5. The van der Waals surface area contributed by atoms with E-state index in [0.29, 0.717) is 17.5 Å². The van der Waals surface area contributed by atoms with Crippen LogP contribution in [0.1, 0.15) is 90.5 Å². The van der Waals surface area contributed by atoms with E-state index < -0.39 is 53.7 Å². The van der Waals surface area contributed by atoms with Gasteiger partial charge in [0.05, 0.1) is 0 Å². The molecule has 44 heavy (non-hydrogen) atoms. The summed E-state index contributed by atoms with van der Waals surface area (Å²) < 4.78 is 10.9. The molecule has 0 bridgehead atoms. The van der Waals surface area contributed by atoms with Gasteiger partial charge in [-0.05, 0) is 83.7 Å². The van der Waals surface area contributed by atoms with Crippen LogP contribution >= 0.6 is 0 Å². The summed E-state index contributed by atoms with van der Waals surface area (Å²) in [6, 6.07) is 11.7. The number of esters is 1. The zero-order valence-electron chi connectivity index (χ0n) is 27.4. The number of hydrogen-bond acceptors (Lipinski definition) is 7. The van der Waals surface area contributed by atoms with E-state index >= 15 is 0 Å². The van der Waals surface area contributed by atoms with Crippen molar-refractivity contribution in [3.63, 3.8) is 0 Å². The number of phenolic OH excluding ortho intramolecular Hbond substituents is 1. The lowest BCUT2D eigenvalue weighted by Gasteiger charge is -2.33. The number of hydrogen-bond donors (Lipinski definition) is 3. The molecule has 3 amide bonds. The number of benzene rings is 2. The molecule has 0 aromatic heterocycles. The number of rotatable bonds is 13. The maximum atomic E-state index is 14.2. The van der Waals surface area contributed by atoms with Crippen molar-refractivity contribution in [2.24, 2.45) is 0 Å². The monoisotopic (exact) mass is 611 g/mol. The van der Waals surface area contributed by atoms with Crippen LogP contribution in [0.4, 0.5) is 4.79 Å². The molecular formula is C34H49N3O7. The van der Waals surface area contributed by atoms with Gasteiger partial charge in [-0.3, -0.25) is 9.59 Å². The predicted octanol–water partition coefficient (Wildman–Crippen LogP) is 5.35. The SMILES string of the molecule is CCCCCN(C(=O)CNC(=O)OC(C)(C)C)C(C(=O)NC(Cc1ccccc1)C(=O)OC(C)(C)C)c1ccc(O)c(C)c1. The van der Waals surface area contributed by atoms with Gasteiger partial charge in [-0.1, -0.05) is 56.2 Å². The Morgan fingerprint density at radius 3 is 2.11 bits per heavy atom. The molecule has 0 aliphatic carbocycles. The van der Waals surface area contributed by atoms with Gasteiger partial charge < -0.3 is 30.1 Å². The molecule has 2 unspecified atom stereocenters. The highest BCUT2D eigenvalue weighted by atomic mass is 16.6. The van der Waals surface area contributed by atoms with Crippen LogP contribution in [-0.2, 0) is 30.3 Å². The van der Waals surface area contributed by atoms with Gasteiger partial charge in [0.15, 0.2) is 0 Å². The van der Waals surface area contributed by atoms with Crippen molar-refractivity contribution in [2.45, 2.75) is 104 Å². The molecule has 0 saturated carbocycles. The second-order valence-corrected chi connectivity index (χ2v) is 12.9. The van der Waals surface area contributed by atoms with E-state index in [1.54, 1.807) is 60.6 Å². The van der Waals surface area contributed by atoms with Gasteiger partial charge in [-0.15, -0.1) is 0 Å². The van der Waals surface area contributed by atoms with E-state index in [2.05, 4.69) is 10.6 Å². The zero-order chi connectivity index (χ0) is 33.1. The molecule has 0 radical (unpaired) electrons. The standard InChI is InChI=1S/C34H49N3O7/c1-9-10-14-19-37(28(39)22-35-32(42)44-34(6,7)8)29(25-17-18-27(38)23(2)20-25)30(40)36-26(31(41)43-33(3,4)5)21-24-15-12-11-13-16-24/h11-13,15-18,20,26,29,38H,9-10,14,19,21-22H2,1-8H3,(H,35,42)(H,36,40). The normalized spacial score (nSPS) is 12.9. The van der Waals surface area contributed by atoms with E-state index in [-0.39, 0.29) is 18.7 Å². The summed E-state index contributed by atoms with van der Waals surface area (Å²) in [5, 5.41) is 15.6. The number of unbranched alkanes of at least 4 members (excludes halogenated alkanes) is 2. The molecule has 2 atom stereocenters. The first-order valence-corrected chi connectivity index (χ1v) is 15.1. The van der Waals surface area contributed by atoms with Gasteiger partial charge in [0.1, 0.15) is 35.6 Å². The first-order valence-electron chi connectivity index (χ1n) is 15.1. The topological polar surface area (TPSA) is 134 Å². The summed E-state index contributed by atoms with van der Waals surface area (Å²) in [6.07, 6.45) is 1.71. The van der Waals surface area contributed by atoms with Gasteiger partial charge in [0.25, 0.3) is 0 Å². The minimum atomic E-state index is -1.17. The summed E-state index contributed by atoms with van der Waals surface area (Å²) in [4.78, 5) is 55.0. The number of amides is 3. The van der Waals surface area contributed by atoms with E-state index in [1.807, 2.05) is 37.3 Å². The molecule has 0 spiro atoms. The molecular weight excluding hydrogens is 562 g/mol. The third kappa shape index (κ3) is 12.3. The van der Waals surface area contributed by atoms with E-state index in [9.17, 15) is 24.3 Å². The van der Waals surface area contributed by atoms with Gasteiger partial charge in [-0.25, -0.2) is 9.59 Å². The van der Waals surface area contributed by atoms with E-state index in [1.165, 1.54) is 11.0 Å². The summed E-state index contributed by atoms with van der Waals surface area (Å²) in [5.41, 5.74) is 0.233. The highest BCUT2D eigenvalue weighted by Gasteiger charge is 2.35. The minimum absolute atomic E-state index is 0.0408. The second kappa shape index (κ2) is 16.1. The quantitative estimate of drug-likeness (QED) is 0.205. The van der Waals surface area contributed by atoms with Gasteiger partial charge >= 0.3 is 12.1 Å². The number of phenols is 1. The van der Waals surface area contributed by atoms with Crippen LogP contribution in [0.25, 0.3) is 0 Å². The van der Waals surface area contributed by atoms with Gasteiger partial charge in [0.2, 0.25) is 11.8 Å². The van der Waals surface area contributed by atoms with E-state index in [0.717, 1.165) is 18.4 Å². The molecule has 242 valence electrons. The Morgan fingerprint density at radius 2 is 1.55 bits per heavy atom. The van der Waals surface area contributed by atoms with Crippen molar-refractivity contribution < 1.29 is 33.8 Å². The van der Waals surface area contributed by atoms with Crippen molar-refractivity contribution in [3.05, 3.63) is 65.2 Å². The molecule has 0 fully saturated rings. The summed E-state index contributed by atoms with van der Waals surface area (Å²) in [6.45, 7) is 13.9. The zero-order valence-corrected chi connectivity index (χ0v) is 27.4. The van der Waals surface area contributed by atoms with E-state index in [4.69, 9.17) is 9.47 Å². The molecule has 10 nitrogen and oxygen atoms in total. The van der Waals surface area contributed by atoms with Crippen LogP contribution in [0.5, 0.6) is 5.75 Å². The number of alkyl carbamates (subject to hydrolysis) is 1. The summed E-state index contributed by atoms with van der Waals surface area (Å²) in [7, 11) is 0. The highest BCUT2D eigenvalue weighted by molar-refractivity contribution is 5.93. The molecule has 0 aliphatic heterocycles. The fourth-order valence-corrected chi connectivity index (χ4v) is 4.48. The first kappa shape index (κ1) is 36.1. The Balaban J connectivity index is 2.51. The predicted molar refractivity (Wildman–Crippen MR) is 169 cm³/mol. The Bertz CT molecular complexity index is 1270. The number of aryl methyl sites for hydroxylation is 1. The highest BCUT2D eigenvalue weighted by Crippen LogP contribution is 2.27. The fourth-order valence-electron chi connectivity index (χ4n) is 4.48. The molecule has 10 heteroatoms. The van der Waals surface area contributed by atoms with Crippen LogP contribution in [0.3, 0.4) is 0 Å². The number of nitrogens with zero attached hydrogens (tertiary/aromatic N) is 1. The van der Waals surface area contributed by atoms with Crippen LogP contribution in [-0.4, -0.2) is 64.2 Å². The maximum Gasteiger partial charge on any atom is 0.408 e. The molecule has 0 heterocycles. The lowest BCUT2D eigenvalue weighted by Crippen LogP contribution is -2.52.